The van der Waals surface area contributed by atoms with Crippen molar-refractivity contribution in [3.63, 3.8) is 0 Å². The summed E-state index contributed by atoms with van der Waals surface area (Å²) in [5, 5.41) is 16.6. The van der Waals surface area contributed by atoms with Gasteiger partial charge in [-0.1, -0.05) is 34.6 Å². The Labute approximate surface area is 179 Å². The van der Waals surface area contributed by atoms with Crippen LogP contribution < -0.4 is 16.0 Å². The Kier molecular flexibility index (Phi) is 11.6. The summed E-state index contributed by atoms with van der Waals surface area (Å²) in [6.45, 7) is 13.9. The molecule has 0 saturated carbocycles. The maximum Gasteiger partial charge on any atom is 0.325 e. The van der Waals surface area contributed by atoms with Crippen molar-refractivity contribution in [2.24, 2.45) is 10.8 Å². The van der Waals surface area contributed by atoms with Gasteiger partial charge in [0.25, 0.3) is 0 Å². The zero-order valence-electron chi connectivity index (χ0n) is 19.4. The monoisotopic (exact) mass is 429 g/mol. The lowest BCUT2D eigenvalue weighted by Gasteiger charge is -2.29. The van der Waals surface area contributed by atoms with Crippen LogP contribution in [0, 0.1) is 10.8 Å². The van der Waals surface area contributed by atoms with E-state index in [1.807, 2.05) is 34.6 Å². The third-order valence-corrected chi connectivity index (χ3v) is 4.37. The first kappa shape index (κ1) is 27.8. The summed E-state index contributed by atoms with van der Waals surface area (Å²) in [6, 6.07) is -1.88. The van der Waals surface area contributed by atoms with Crippen LogP contribution in [0.3, 0.4) is 0 Å². The highest BCUT2D eigenvalue weighted by atomic mass is 16.5. The van der Waals surface area contributed by atoms with Crippen LogP contribution in [0.25, 0.3) is 0 Å². The topological polar surface area (TPSA) is 134 Å². The molecule has 0 aromatic carbocycles. The minimum atomic E-state index is -1.15. The van der Waals surface area contributed by atoms with E-state index >= 15 is 0 Å². The number of nitrogens with one attached hydrogen (secondary N) is 3. The first-order valence-corrected chi connectivity index (χ1v) is 10.4. The van der Waals surface area contributed by atoms with Crippen molar-refractivity contribution in [2.45, 2.75) is 79.8 Å². The van der Waals surface area contributed by atoms with E-state index in [1.165, 1.54) is 13.8 Å². The van der Waals surface area contributed by atoms with Crippen molar-refractivity contribution in [1.29, 1.82) is 0 Å². The van der Waals surface area contributed by atoms with Crippen LogP contribution in [0.4, 0.5) is 0 Å². The van der Waals surface area contributed by atoms with Crippen LogP contribution in [-0.2, 0) is 23.9 Å². The zero-order chi connectivity index (χ0) is 23.5. The second kappa shape index (κ2) is 12.5. The molecule has 0 aliphatic heterocycles. The number of amides is 3. The Balaban J connectivity index is 4.40. The molecule has 0 aliphatic rings. The fourth-order valence-electron chi connectivity index (χ4n) is 2.55. The molecule has 4 N–H and O–H groups in total. The van der Waals surface area contributed by atoms with Gasteiger partial charge in [0.15, 0.2) is 0 Å². The van der Waals surface area contributed by atoms with E-state index in [9.17, 15) is 19.2 Å². The molecule has 174 valence electrons. The first-order chi connectivity index (χ1) is 13.7. The second-order valence-corrected chi connectivity index (χ2v) is 9.38. The van der Waals surface area contributed by atoms with Crippen LogP contribution in [0.5, 0.6) is 0 Å². The van der Waals surface area contributed by atoms with Crippen molar-refractivity contribution < 1.29 is 29.0 Å². The Morgan fingerprint density at radius 3 is 2.00 bits per heavy atom. The molecule has 0 rings (SSSR count). The third kappa shape index (κ3) is 12.4. The average Bonchev–Trinajstić information content (AvgIpc) is 2.59. The van der Waals surface area contributed by atoms with Crippen LogP contribution in [-0.4, -0.2) is 60.6 Å². The molecule has 2 atom stereocenters. The molecule has 0 aromatic rings. The number of carbonyl (C=O) groups excluding carboxylic acids is 3. The Morgan fingerprint density at radius 2 is 1.47 bits per heavy atom. The van der Waals surface area contributed by atoms with E-state index in [4.69, 9.17) is 9.84 Å². The predicted molar refractivity (Wildman–Crippen MR) is 114 cm³/mol. The molecule has 0 aromatic heterocycles. The summed E-state index contributed by atoms with van der Waals surface area (Å²) in [5.41, 5.74) is -0.703. The summed E-state index contributed by atoms with van der Waals surface area (Å²) in [4.78, 5) is 46.7. The molecule has 30 heavy (non-hydrogen) atoms. The predicted octanol–water partition coefficient (Wildman–Crippen LogP) is 1.46. The quantitative estimate of drug-likeness (QED) is 0.330. The first-order valence-electron chi connectivity index (χ1n) is 10.4. The van der Waals surface area contributed by atoms with Crippen molar-refractivity contribution >= 4 is 23.7 Å². The molecule has 0 bridgehead atoms. The van der Waals surface area contributed by atoms with Crippen LogP contribution >= 0.6 is 0 Å². The molecule has 9 heteroatoms. The number of rotatable bonds is 14. The van der Waals surface area contributed by atoms with Crippen molar-refractivity contribution in [2.75, 3.05) is 19.8 Å². The Bertz CT molecular complexity index is 604. The summed E-state index contributed by atoms with van der Waals surface area (Å²) in [6.07, 6.45) is 1.45. The largest absolute Gasteiger partial charge is 0.480 e. The highest BCUT2D eigenvalue weighted by molar-refractivity contribution is 5.90. The van der Waals surface area contributed by atoms with E-state index in [-0.39, 0.29) is 23.7 Å². The Hall–Kier alpha value is -2.16. The summed E-state index contributed by atoms with van der Waals surface area (Å²) < 4.78 is 5.81. The SMILES string of the molecule is CCCC(=O)NCC(C)(C)COCC(C)(C)CC(=O)N[C@@H](C)C(=O)N[C@@H](C)C(=O)O. The molecule has 0 fully saturated rings. The number of ether oxygens (including phenoxy) is 1. The van der Waals surface area contributed by atoms with Gasteiger partial charge < -0.3 is 25.8 Å². The standard InChI is InChI=1S/C21H39N3O6/c1-8-9-16(25)22-11-21(6,7)13-30-12-20(4,5)10-17(26)23-14(2)18(27)24-15(3)19(28)29/h14-15H,8-13H2,1-7H3,(H,22,25)(H,23,26)(H,24,27)(H,28,29)/t14-,15-/m0/s1. The highest BCUT2D eigenvalue weighted by Crippen LogP contribution is 2.23. The lowest BCUT2D eigenvalue weighted by molar-refractivity contribution is -0.141. The molecule has 0 spiro atoms. The third-order valence-electron chi connectivity index (χ3n) is 4.37. The van der Waals surface area contributed by atoms with Crippen LogP contribution in [0.1, 0.15) is 67.7 Å². The normalized spacial score (nSPS) is 13.8. The molecular formula is C21H39N3O6. The fourth-order valence-corrected chi connectivity index (χ4v) is 2.55. The van der Waals surface area contributed by atoms with Gasteiger partial charge in [0.1, 0.15) is 12.1 Å². The molecule has 0 saturated heterocycles. The van der Waals surface area contributed by atoms with Gasteiger partial charge in [0.05, 0.1) is 13.2 Å². The van der Waals surface area contributed by atoms with Gasteiger partial charge in [-0.05, 0) is 25.7 Å². The number of carboxylic acids is 1. The molecular weight excluding hydrogens is 390 g/mol. The van der Waals surface area contributed by atoms with Crippen LogP contribution in [0.15, 0.2) is 0 Å². The van der Waals surface area contributed by atoms with Gasteiger partial charge in [-0.2, -0.15) is 0 Å². The van der Waals surface area contributed by atoms with E-state index in [2.05, 4.69) is 16.0 Å². The lowest BCUT2D eigenvalue weighted by Crippen LogP contribution is -2.50. The number of hydrogen-bond donors (Lipinski definition) is 4. The average molecular weight is 430 g/mol. The Morgan fingerprint density at radius 1 is 0.900 bits per heavy atom. The molecule has 3 amide bonds. The van der Waals surface area contributed by atoms with Gasteiger partial charge in [0, 0.05) is 24.8 Å². The number of aliphatic carboxylic acids is 1. The highest BCUT2D eigenvalue weighted by Gasteiger charge is 2.27. The molecule has 0 heterocycles. The minimum absolute atomic E-state index is 0.0264. The molecule has 9 nitrogen and oxygen atoms in total. The number of hydrogen-bond acceptors (Lipinski definition) is 5. The van der Waals surface area contributed by atoms with Gasteiger partial charge >= 0.3 is 5.97 Å². The molecule has 0 unspecified atom stereocenters. The smallest absolute Gasteiger partial charge is 0.325 e. The van der Waals surface area contributed by atoms with E-state index in [0.717, 1.165) is 6.42 Å². The molecule has 0 aliphatic carbocycles. The van der Waals surface area contributed by atoms with E-state index in [0.29, 0.717) is 26.2 Å². The number of carboxylic acid groups (broad SMARTS) is 1. The van der Waals surface area contributed by atoms with Gasteiger partial charge in [-0.25, -0.2) is 0 Å². The fraction of sp³-hybridized carbons (Fsp3) is 0.810. The van der Waals surface area contributed by atoms with Gasteiger partial charge in [-0.3, -0.25) is 19.2 Å². The van der Waals surface area contributed by atoms with Crippen molar-refractivity contribution in [3.05, 3.63) is 0 Å². The summed E-state index contributed by atoms with van der Waals surface area (Å²) in [7, 11) is 0. The maximum atomic E-state index is 12.3. The van der Waals surface area contributed by atoms with E-state index in [1.54, 1.807) is 0 Å². The minimum Gasteiger partial charge on any atom is -0.480 e. The van der Waals surface area contributed by atoms with Crippen molar-refractivity contribution in [3.8, 4) is 0 Å². The lowest BCUT2D eigenvalue weighted by atomic mass is 9.89. The molecule has 0 radical (unpaired) electrons. The maximum absolute atomic E-state index is 12.3. The van der Waals surface area contributed by atoms with Crippen LogP contribution in [0.2, 0.25) is 0 Å². The van der Waals surface area contributed by atoms with Gasteiger partial charge in [-0.15, -0.1) is 0 Å². The van der Waals surface area contributed by atoms with Gasteiger partial charge in [0.2, 0.25) is 17.7 Å². The number of carbonyl (C=O) groups is 4. The zero-order valence-corrected chi connectivity index (χ0v) is 19.4. The van der Waals surface area contributed by atoms with E-state index < -0.39 is 29.4 Å². The second-order valence-electron chi connectivity index (χ2n) is 9.38. The summed E-state index contributed by atoms with van der Waals surface area (Å²) in [5.74, 6) is -1.99. The summed E-state index contributed by atoms with van der Waals surface area (Å²) >= 11 is 0. The van der Waals surface area contributed by atoms with Crippen molar-refractivity contribution in [1.82, 2.24) is 16.0 Å².